The second-order valence-corrected chi connectivity index (χ2v) is 7.20. The molecule has 1 aromatic heterocycles. The van der Waals surface area contributed by atoms with Gasteiger partial charge < -0.3 is 15.0 Å². The Morgan fingerprint density at radius 3 is 2.78 bits per heavy atom. The molecule has 0 bridgehead atoms. The van der Waals surface area contributed by atoms with Crippen molar-refractivity contribution < 1.29 is 9.90 Å². The third kappa shape index (κ3) is 3.53. The first-order valence-electron chi connectivity index (χ1n) is 8.12. The minimum atomic E-state index is 0.0165. The molecule has 1 saturated heterocycles. The molecule has 2 N–H and O–H groups in total. The van der Waals surface area contributed by atoms with E-state index in [4.69, 9.17) is 0 Å². The number of aliphatic hydroxyl groups excluding tert-OH is 1. The smallest absolute Gasteiger partial charge is 0.233 e. The van der Waals surface area contributed by atoms with Crippen molar-refractivity contribution in [2.75, 3.05) is 25.4 Å². The van der Waals surface area contributed by atoms with Gasteiger partial charge in [0.05, 0.1) is 16.8 Å². The van der Waals surface area contributed by atoms with Crippen LogP contribution in [0.2, 0.25) is 0 Å². The van der Waals surface area contributed by atoms with Gasteiger partial charge in [-0.15, -0.1) is 0 Å². The average molecular weight is 333 g/mol. The second-order valence-electron chi connectivity index (χ2n) is 6.24. The van der Waals surface area contributed by atoms with Gasteiger partial charge in [-0.2, -0.15) is 0 Å². The van der Waals surface area contributed by atoms with E-state index in [1.54, 1.807) is 0 Å². The van der Waals surface area contributed by atoms with Gasteiger partial charge in [0, 0.05) is 19.7 Å². The van der Waals surface area contributed by atoms with E-state index in [1.165, 1.54) is 11.8 Å². The molecular formula is C17H23N3O2S. The number of carbonyl (C=O) groups excluding carboxylic acids is 1. The largest absolute Gasteiger partial charge is 0.396 e. The maximum absolute atomic E-state index is 12.4. The Morgan fingerprint density at radius 2 is 2.13 bits per heavy atom. The van der Waals surface area contributed by atoms with E-state index in [2.05, 4.69) is 16.9 Å². The predicted molar refractivity (Wildman–Crippen MR) is 92.4 cm³/mol. The number of aromatic amines is 1. The third-order valence-corrected chi connectivity index (χ3v) is 5.82. The van der Waals surface area contributed by atoms with Crippen molar-refractivity contribution in [1.82, 2.24) is 14.9 Å². The normalized spacial score (nSPS) is 17.6. The van der Waals surface area contributed by atoms with E-state index >= 15 is 0 Å². The highest BCUT2D eigenvalue weighted by Crippen LogP contribution is 2.34. The minimum absolute atomic E-state index is 0.0165. The fraction of sp³-hybridized carbons (Fsp3) is 0.529. The molecule has 1 aliphatic rings. The van der Waals surface area contributed by atoms with E-state index in [-0.39, 0.29) is 17.9 Å². The van der Waals surface area contributed by atoms with Crippen molar-refractivity contribution in [1.29, 1.82) is 0 Å². The Hall–Kier alpha value is -1.53. The number of nitrogens with zero attached hydrogens (tertiary/aromatic N) is 2. The van der Waals surface area contributed by atoms with E-state index in [1.807, 2.05) is 29.2 Å². The fourth-order valence-electron chi connectivity index (χ4n) is 3.07. The number of H-pyrrole nitrogens is 1. The molecule has 23 heavy (non-hydrogen) atoms. The molecule has 0 atom stereocenters. The molecule has 1 amide bonds. The maximum atomic E-state index is 12.4. The molecule has 2 aromatic rings. The lowest BCUT2D eigenvalue weighted by molar-refractivity contribution is -0.131. The molecule has 3 rings (SSSR count). The summed E-state index contributed by atoms with van der Waals surface area (Å²) in [5.74, 6) is 0.552. The average Bonchev–Trinajstić information content (AvgIpc) is 3.02. The molecule has 1 aromatic carbocycles. The van der Waals surface area contributed by atoms with Crippen molar-refractivity contribution in [3.8, 4) is 0 Å². The van der Waals surface area contributed by atoms with E-state index in [0.29, 0.717) is 5.75 Å². The molecule has 1 fully saturated rings. The lowest BCUT2D eigenvalue weighted by atomic mass is 9.77. The highest BCUT2D eigenvalue weighted by Gasteiger charge is 2.33. The van der Waals surface area contributed by atoms with Crippen LogP contribution in [-0.2, 0) is 4.79 Å². The monoisotopic (exact) mass is 333 g/mol. The minimum Gasteiger partial charge on any atom is -0.396 e. The van der Waals surface area contributed by atoms with Gasteiger partial charge in [-0.3, -0.25) is 4.79 Å². The van der Waals surface area contributed by atoms with Crippen LogP contribution in [0, 0.1) is 5.41 Å². The SMILES string of the molecule is CCC1(CO)CCN(C(=O)CSc2nc3ccccc3[nH]2)CC1. The zero-order valence-electron chi connectivity index (χ0n) is 13.4. The van der Waals surface area contributed by atoms with Crippen LogP contribution in [0.1, 0.15) is 26.2 Å². The predicted octanol–water partition coefficient (Wildman–Crippen LogP) is 2.67. The summed E-state index contributed by atoms with van der Waals surface area (Å²) in [6.45, 7) is 3.83. The highest BCUT2D eigenvalue weighted by molar-refractivity contribution is 7.99. The van der Waals surface area contributed by atoms with Gasteiger partial charge in [-0.1, -0.05) is 30.8 Å². The molecule has 2 heterocycles. The van der Waals surface area contributed by atoms with Crippen LogP contribution in [0.25, 0.3) is 11.0 Å². The van der Waals surface area contributed by atoms with Crippen molar-refractivity contribution in [2.24, 2.45) is 5.41 Å². The number of aliphatic hydroxyl groups is 1. The zero-order valence-corrected chi connectivity index (χ0v) is 14.2. The molecule has 6 heteroatoms. The van der Waals surface area contributed by atoms with E-state index < -0.39 is 0 Å². The quantitative estimate of drug-likeness (QED) is 0.826. The number of likely N-dealkylation sites (tertiary alicyclic amines) is 1. The Kier molecular flexibility index (Phi) is 4.92. The molecule has 0 radical (unpaired) electrons. The van der Waals surface area contributed by atoms with Gasteiger partial charge >= 0.3 is 0 Å². The number of hydrogen-bond acceptors (Lipinski definition) is 4. The molecule has 1 aliphatic heterocycles. The molecule has 0 spiro atoms. The standard InChI is InChI=1S/C17H23N3O2S/c1-2-17(12-21)7-9-20(10-8-17)15(22)11-23-16-18-13-5-3-4-6-14(13)19-16/h3-6,21H,2,7-12H2,1H3,(H,18,19). The molecular weight excluding hydrogens is 310 g/mol. The first-order chi connectivity index (χ1) is 11.2. The van der Waals surface area contributed by atoms with Crippen LogP contribution in [0.3, 0.4) is 0 Å². The summed E-state index contributed by atoms with van der Waals surface area (Å²) in [5, 5.41) is 10.4. The summed E-state index contributed by atoms with van der Waals surface area (Å²) in [6, 6.07) is 7.87. The topological polar surface area (TPSA) is 69.2 Å². The van der Waals surface area contributed by atoms with E-state index in [0.717, 1.165) is 48.5 Å². The summed E-state index contributed by atoms with van der Waals surface area (Å²) in [7, 11) is 0. The van der Waals surface area contributed by atoms with Gasteiger partial charge in [0.2, 0.25) is 5.91 Å². The maximum Gasteiger partial charge on any atom is 0.233 e. The summed E-state index contributed by atoms with van der Waals surface area (Å²) in [4.78, 5) is 22.0. The Labute approximate surface area is 140 Å². The number of thioether (sulfide) groups is 1. The molecule has 0 aliphatic carbocycles. The van der Waals surface area contributed by atoms with Crippen LogP contribution in [0.15, 0.2) is 29.4 Å². The number of aromatic nitrogens is 2. The molecule has 5 nitrogen and oxygen atoms in total. The van der Waals surface area contributed by atoms with Crippen LogP contribution >= 0.6 is 11.8 Å². The van der Waals surface area contributed by atoms with Gasteiger partial charge in [-0.25, -0.2) is 4.98 Å². The first kappa shape index (κ1) is 16.3. The lowest BCUT2D eigenvalue weighted by Gasteiger charge is -2.40. The van der Waals surface area contributed by atoms with Crippen LogP contribution in [0.4, 0.5) is 0 Å². The summed E-state index contributed by atoms with van der Waals surface area (Å²) in [6.07, 6.45) is 2.75. The number of benzene rings is 1. The number of hydrogen-bond donors (Lipinski definition) is 2. The number of fused-ring (bicyclic) bond motifs is 1. The summed E-state index contributed by atoms with van der Waals surface area (Å²) in [5.41, 5.74) is 1.94. The summed E-state index contributed by atoms with van der Waals surface area (Å²) < 4.78 is 0. The number of para-hydroxylation sites is 2. The van der Waals surface area contributed by atoms with Gasteiger partial charge in [0.15, 0.2) is 5.16 Å². The van der Waals surface area contributed by atoms with Crippen molar-refractivity contribution in [3.05, 3.63) is 24.3 Å². The van der Waals surface area contributed by atoms with Gasteiger partial charge in [0.1, 0.15) is 0 Å². The number of nitrogens with one attached hydrogen (secondary N) is 1. The van der Waals surface area contributed by atoms with Crippen LogP contribution in [0.5, 0.6) is 0 Å². The van der Waals surface area contributed by atoms with Crippen molar-refractivity contribution in [2.45, 2.75) is 31.3 Å². The molecule has 0 saturated carbocycles. The van der Waals surface area contributed by atoms with Crippen molar-refractivity contribution in [3.63, 3.8) is 0 Å². The van der Waals surface area contributed by atoms with Crippen LogP contribution < -0.4 is 0 Å². The van der Waals surface area contributed by atoms with Crippen molar-refractivity contribution >= 4 is 28.7 Å². The third-order valence-electron chi connectivity index (χ3n) is 4.96. The molecule has 124 valence electrons. The fourth-order valence-corrected chi connectivity index (χ4v) is 3.86. The second kappa shape index (κ2) is 6.93. The van der Waals surface area contributed by atoms with Crippen LogP contribution in [-0.4, -0.2) is 51.3 Å². The Morgan fingerprint density at radius 1 is 1.39 bits per heavy atom. The zero-order chi connectivity index (χ0) is 16.3. The Bertz CT molecular complexity index is 638. The number of imidazole rings is 1. The Balaban J connectivity index is 1.54. The van der Waals surface area contributed by atoms with E-state index in [9.17, 15) is 9.90 Å². The number of carbonyl (C=O) groups is 1. The highest BCUT2D eigenvalue weighted by atomic mass is 32.2. The summed E-state index contributed by atoms with van der Waals surface area (Å²) >= 11 is 1.45. The number of piperidine rings is 1. The number of amides is 1. The number of rotatable bonds is 5. The van der Waals surface area contributed by atoms with Gasteiger partial charge in [0.25, 0.3) is 0 Å². The first-order valence-corrected chi connectivity index (χ1v) is 9.10. The molecule has 0 unspecified atom stereocenters. The lowest BCUT2D eigenvalue weighted by Crippen LogP contribution is -2.45. The van der Waals surface area contributed by atoms with Gasteiger partial charge in [-0.05, 0) is 36.8 Å².